The molecule has 64 valence electrons. The van der Waals surface area contributed by atoms with Crippen molar-refractivity contribution in [3.8, 4) is 0 Å². The summed E-state index contributed by atoms with van der Waals surface area (Å²) in [4.78, 5) is 20.5. The number of carboxylic acids is 1. The van der Waals surface area contributed by atoms with Crippen LogP contribution in [0.5, 0.6) is 0 Å². The van der Waals surface area contributed by atoms with Crippen LogP contribution in [0.1, 0.15) is 6.42 Å². The minimum atomic E-state index is -0.994. The zero-order valence-electron chi connectivity index (χ0n) is 6.41. The second kappa shape index (κ2) is 3.71. The molecule has 4 heteroatoms. The molecule has 0 radical (unpaired) electrons. The van der Waals surface area contributed by atoms with E-state index in [2.05, 4.69) is 5.32 Å². The predicted octanol–water partition coefficient (Wildman–Crippen LogP) is 0.0735. The molecule has 0 aromatic rings. The number of aliphatic carboxylic acids is 1. The fourth-order valence-electron chi connectivity index (χ4n) is 1.01. The van der Waals surface area contributed by atoms with Crippen LogP contribution in [-0.4, -0.2) is 23.9 Å². The lowest BCUT2D eigenvalue weighted by molar-refractivity contribution is -0.133. The van der Waals surface area contributed by atoms with Crippen molar-refractivity contribution in [3.05, 3.63) is 23.4 Å². The van der Waals surface area contributed by atoms with E-state index in [9.17, 15) is 9.59 Å². The van der Waals surface area contributed by atoms with E-state index >= 15 is 0 Å². The molecule has 0 spiro atoms. The van der Waals surface area contributed by atoms with E-state index < -0.39 is 5.97 Å². The molecule has 2 N–H and O–H groups in total. The fourth-order valence-corrected chi connectivity index (χ4v) is 1.01. The quantitative estimate of drug-likeness (QED) is 0.451. The third-order valence-electron chi connectivity index (χ3n) is 1.57. The van der Waals surface area contributed by atoms with Crippen LogP contribution < -0.4 is 5.32 Å². The van der Waals surface area contributed by atoms with Crippen molar-refractivity contribution >= 4 is 12.3 Å². The monoisotopic (exact) mass is 167 g/mol. The van der Waals surface area contributed by atoms with Crippen molar-refractivity contribution in [2.45, 2.75) is 6.42 Å². The summed E-state index contributed by atoms with van der Waals surface area (Å²) in [6, 6.07) is 0. The third-order valence-corrected chi connectivity index (χ3v) is 1.57. The molecule has 0 aliphatic carbocycles. The van der Waals surface area contributed by atoms with Crippen LogP contribution in [0.25, 0.3) is 0 Å². The highest BCUT2D eigenvalue weighted by molar-refractivity contribution is 5.87. The maximum Gasteiger partial charge on any atom is 0.351 e. The molecule has 0 aromatic heterocycles. The molecule has 0 fully saturated rings. The Hall–Kier alpha value is -1.58. The van der Waals surface area contributed by atoms with Crippen LogP contribution in [0, 0.1) is 0 Å². The summed E-state index contributed by atoms with van der Waals surface area (Å²) in [6.45, 7) is 0.567. The first-order chi connectivity index (χ1) is 5.74. The summed E-state index contributed by atoms with van der Waals surface area (Å²) >= 11 is 0. The third kappa shape index (κ3) is 1.95. The topological polar surface area (TPSA) is 66.4 Å². The number of nitrogens with one attached hydrogen (secondary N) is 1. The van der Waals surface area contributed by atoms with Gasteiger partial charge < -0.3 is 10.4 Å². The summed E-state index contributed by atoms with van der Waals surface area (Å²) < 4.78 is 0. The van der Waals surface area contributed by atoms with E-state index in [-0.39, 0.29) is 5.70 Å². The highest BCUT2D eigenvalue weighted by Gasteiger charge is 2.11. The molecule has 0 unspecified atom stereocenters. The average molecular weight is 167 g/mol. The summed E-state index contributed by atoms with van der Waals surface area (Å²) in [5.74, 6) is -0.994. The van der Waals surface area contributed by atoms with Crippen LogP contribution in [0.15, 0.2) is 23.4 Å². The maximum absolute atomic E-state index is 10.5. The van der Waals surface area contributed by atoms with Gasteiger partial charge in [0.2, 0.25) is 0 Å². The summed E-state index contributed by atoms with van der Waals surface area (Å²) in [7, 11) is 0. The van der Waals surface area contributed by atoms with Gasteiger partial charge in [0.25, 0.3) is 0 Å². The van der Waals surface area contributed by atoms with Gasteiger partial charge in [-0.15, -0.1) is 0 Å². The van der Waals surface area contributed by atoms with E-state index in [1.54, 1.807) is 0 Å². The first-order valence-corrected chi connectivity index (χ1v) is 3.57. The molecule has 0 saturated heterocycles. The molecule has 4 nitrogen and oxygen atoms in total. The fraction of sp³-hybridized carbons (Fsp3) is 0.250. The predicted molar refractivity (Wildman–Crippen MR) is 42.5 cm³/mol. The number of aldehydes is 1. The van der Waals surface area contributed by atoms with Gasteiger partial charge in [-0.1, -0.05) is 0 Å². The van der Waals surface area contributed by atoms with Crippen molar-refractivity contribution in [2.75, 3.05) is 6.54 Å². The Morgan fingerprint density at radius 3 is 3.00 bits per heavy atom. The Morgan fingerprint density at radius 2 is 2.42 bits per heavy atom. The second-order valence-electron chi connectivity index (χ2n) is 2.42. The van der Waals surface area contributed by atoms with Crippen molar-refractivity contribution < 1.29 is 14.7 Å². The van der Waals surface area contributed by atoms with E-state index in [1.807, 2.05) is 0 Å². The molecule has 0 amide bonds. The van der Waals surface area contributed by atoms with Crippen LogP contribution in [-0.2, 0) is 9.59 Å². The molecule has 0 saturated carbocycles. The molecule has 1 heterocycles. The van der Waals surface area contributed by atoms with Crippen molar-refractivity contribution in [2.24, 2.45) is 0 Å². The highest BCUT2D eigenvalue weighted by Crippen LogP contribution is 2.10. The van der Waals surface area contributed by atoms with Crippen LogP contribution in [0.2, 0.25) is 0 Å². The smallest absolute Gasteiger partial charge is 0.351 e. The minimum Gasteiger partial charge on any atom is -0.477 e. The molecule has 0 bridgehead atoms. The molecule has 1 aliphatic rings. The molecule has 0 atom stereocenters. The number of carbonyl (C=O) groups is 2. The Kier molecular flexibility index (Phi) is 2.63. The Morgan fingerprint density at radius 1 is 1.67 bits per heavy atom. The van der Waals surface area contributed by atoms with Gasteiger partial charge in [0.1, 0.15) is 12.0 Å². The molecule has 1 rings (SSSR count). The van der Waals surface area contributed by atoms with E-state index in [4.69, 9.17) is 5.11 Å². The van der Waals surface area contributed by atoms with Crippen molar-refractivity contribution in [1.29, 1.82) is 0 Å². The average Bonchev–Trinajstić information content (AvgIpc) is 2.05. The lowest BCUT2D eigenvalue weighted by Gasteiger charge is -2.13. The van der Waals surface area contributed by atoms with Gasteiger partial charge in [0.05, 0.1) is 0 Å². The first kappa shape index (κ1) is 8.52. The van der Waals surface area contributed by atoms with Gasteiger partial charge in [0, 0.05) is 6.54 Å². The molecular weight excluding hydrogens is 158 g/mol. The lowest BCUT2D eigenvalue weighted by atomic mass is 10.1. The van der Waals surface area contributed by atoms with Gasteiger partial charge >= 0.3 is 5.97 Å². The van der Waals surface area contributed by atoms with Gasteiger partial charge in [0.15, 0.2) is 0 Å². The Bertz CT molecular complexity index is 265. The van der Waals surface area contributed by atoms with Gasteiger partial charge in [-0.05, 0) is 24.1 Å². The highest BCUT2D eigenvalue weighted by atomic mass is 16.4. The normalized spacial score (nSPS) is 19.7. The largest absolute Gasteiger partial charge is 0.477 e. The molecule has 0 aromatic carbocycles. The number of allylic oxidation sites excluding steroid dienone is 2. The summed E-state index contributed by atoms with van der Waals surface area (Å²) in [5.41, 5.74) is 0.899. The minimum absolute atomic E-state index is 0.148. The number of hydrogen-bond donors (Lipinski definition) is 2. The summed E-state index contributed by atoms with van der Waals surface area (Å²) in [5, 5.41) is 11.3. The van der Waals surface area contributed by atoms with E-state index in [0.29, 0.717) is 19.3 Å². The van der Waals surface area contributed by atoms with E-state index in [0.717, 1.165) is 5.57 Å². The lowest BCUT2D eigenvalue weighted by Crippen LogP contribution is -2.25. The van der Waals surface area contributed by atoms with Crippen LogP contribution >= 0.6 is 0 Å². The first-order valence-electron chi connectivity index (χ1n) is 3.57. The molecule has 1 aliphatic heterocycles. The zero-order valence-corrected chi connectivity index (χ0v) is 6.41. The molecular formula is C8H9NO3. The number of hydrogen-bond acceptors (Lipinski definition) is 3. The van der Waals surface area contributed by atoms with Crippen LogP contribution in [0.3, 0.4) is 0 Å². The van der Waals surface area contributed by atoms with Gasteiger partial charge in [-0.2, -0.15) is 0 Å². The SMILES string of the molecule is O=C/C=C1/C=C(C(=O)O)NCC1. The number of rotatable bonds is 2. The van der Waals surface area contributed by atoms with E-state index in [1.165, 1.54) is 12.2 Å². The summed E-state index contributed by atoms with van der Waals surface area (Å²) in [6.07, 6.45) is 4.20. The van der Waals surface area contributed by atoms with Gasteiger partial charge in [-0.25, -0.2) is 4.79 Å². The Balaban J connectivity index is 2.83. The molecule has 12 heavy (non-hydrogen) atoms. The number of carboxylic acid groups (broad SMARTS) is 1. The standard InChI is InChI=1S/C8H9NO3/c10-4-2-6-1-3-9-7(5-6)8(11)12/h2,4-5,9H,1,3H2,(H,11,12)/b6-2+. The maximum atomic E-state index is 10.5. The van der Waals surface area contributed by atoms with Gasteiger partial charge in [-0.3, -0.25) is 4.79 Å². The van der Waals surface area contributed by atoms with Crippen LogP contribution in [0.4, 0.5) is 0 Å². The van der Waals surface area contributed by atoms with Crippen molar-refractivity contribution in [3.63, 3.8) is 0 Å². The van der Waals surface area contributed by atoms with Crippen molar-refractivity contribution in [1.82, 2.24) is 5.32 Å². The zero-order chi connectivity index (χ0) is 8.97. The number of carbonyl (C=O) groups excluding carboxylic acids is 1. The second-order valence-corrected chi connectivity index (χ2v) is 2.42. The Labute approximate surface area is 69.6 Å².